The molecule has 3 heteroatoms. The molecule has 17 heavy (non-hydrogen) atoms. The van der Waals surface area contributed by atoms with E-state index in [4.69, 9.17) is 0 Å². The maximum absolute atomic E-state index is 3.68. The van der Waals surface area contributed by atoms with E-state index < -0.39 is 0 Å². The van der Waals surface area contributed by atoms with E-state index in [1.807, 2.05) is 0 Å². The average Bonchev–Trinajstić information content (AvgIpc) is 2.30. The molecule has 0 radical (unpaired) electrons. The Balaban J connectivity index is 1.54. The quantitative estimate of drug-likeness (QED) is 0.707. The van der Waals surface area contributed by atoms with Crippen molar-refractivity contribution < 1.29 is 0 Å². The summed E-state index contributed by atoms with van der Waals surface area (Å²) < 4.78 is 0. The van der Waals surface area contributed by atoms with Gasteiger partial charge >= 0.3 is 0 Å². The second kappa shape index (κ2) is 6.17. The first-order valence-corrected chi connectivity index (χ1v) is 7.36. The molecular formula is C14H29N3. The molecule has 2 aliphatic rings. The van der Waals surface area contributed by atoms with Crippen LogP contribution in [0.4, 0.5) is 0 Å². The highest BCUT2D eigenvalue weighted by Gasteiger charge is 2.34. The highest BCUT2D eigenvalue weighted by atomic mass is 15.2. The summed E-state index contributed by atoms with van der Waals surface area (Å²) in [5.74, 6) is 0. The van der Waals surface area contributed by atoms with Gasteiger partial charge in [-0.2, -0.15) is 0 Å². The van der Waals surface area contributed by atoms with Gasteiger partial charge in [-0.25, -0.2) is 0 Å². The van der Waals surface area contributed by atoms with Crippen LogP contribution in [0.3, 0.4) is 0 Å². The van der Waals surface area contributed by atoms with Crippen LogP contribution < -0.4 is 5.32 Å². The Morgan fingerprint density at radius 2 is 1.82 bits per heavy atom. The Labute approximate surface area is 107 Å². The number of rotatable bonds is 6. The molecule has 0 aromatic heterocycles. The fraction of sp³-hybridized carbons (Fsp3) is 1.00. The zero-order chi connectivity index (χ0) is 12.1. The highest BCUT2D eigenvalue weighted by Crippen LogP contribution is 2.42. The maximum atomic E-state index is 3.68. The predicted molar refractivity (Wildman–Crippen MR) is 73.4 cm³/mol. The summed E-state index contributed by atoms with van der Waals surface area (Å²) in [6.45, 7) is 11.0. The fourth-order valence-corrected chi connectivity index (χ4v) is 2.99. The van der Waals surface area contributed by atoms with Gasteiger partial charge in [0.2, 0.25) is 0 Å². The summed E-state index contributed by atoms with van der Waals surface area (Å²) in [5, 5.41) is 3.68. The van der Waals surface area contributed by atoms with Gasteiger partial charge in [-0.15, -0.1) is 0 Å². The number of likely N-dealkylation sites (N-methyl/N-ethyl adjacent to an activating group) is 1. The van der Waals surface area contributed by atoms with E-state index in [0.29, 0.717) is 5.41 Å². The lowest BCUT2D eigenvalue weighted by Gasteiger charge is -2.41. The molecule has 0 spiro atoms. The molecule has 3 nitrogen and oxygen atoms in total. The fourth-order valence-electron chi connectivity index (χ4n) is 2.99. The molecule has 0 bridgehead atoms. The number of hydrogen-bond acceptors (Lipinski definition) is 3. The van der Waals surface area contributed by atoms with Gasteiger partial charge in [-0.1, -0.05) is 13.3 Å². The molecule has 0 amide bonds. The molecule has 1 heterocycles. The summed E-state index contributed by atoms with van der Waals surface area (Å²) in [4.78, 5) is 5.01. The second-order valence-corrected chi connectivity index (χ2v) is 6.03. The Morgan fingerprint density at radius 1 is 1.12 bits per heavy atom. The van der Waals surface area contributed by atoms with Gasteiger partial charge in [0.25, 0.3) is 0 Å². The minimum absolute atomic E-state index is 0.669. The summed E-state index contributed by atoms with van der Waals surface area (Å²) in [7, 11) is 2.22. The van der Waals surface area contributed by atoms with Gasteiger partial charge < -0.3 is 10.2 Å². The average molecular weight is 239 g/mol. The number of nitrogens with zero attached hydrogens (tertiary/aromatic N) is 2. The van der Waals surface area contributed by atoms with Gasteiger partial charge in [0.1, 0.15) is 0 Å². The van der Waals surface area contributed by atoms with E-state index in [1.165, 1.54) is 71.5 Å². The van der Waals surface area contributed by atoms with Crippen LogP contribution in [0.15, 0.2) is 0 Å². The summed E-state index contributed by atoms with van der Waals surface area (Å²) in [6, 6.07) is 0. The third-order valence-corrected chi connectivity index (χ3v) is 4.86. The monoisotopic (exact) mass is 239 g/mol. The Hall–Kier alpha value is -0.120. The highest BCUT2D eigenvalue weighted by molar-refractivity contribution is 4.88. The van der Waals surface area contributed by atoms with Crippen LogP contribution >= 0.6 is 0 Å². The number of nitrogens with one attached hydrogen (secondary N) is 1. The van der Waals surface area contributed by atoms with Crippen molar-refractivity contribution in [3.63, 3.8) is 0 Å². The molecule has 1 aliphatic heterocycles. The molecule has 0 aromatic carbocycles. The van der Waals surface area contributed by atoms with Crippen molar-refractivity contribution in [1.29, 1.82) is 0 Å². The normalized spacial score (nSPS) is 25.8. The van der Waals surface area contributed by atoms with Gasteiger partial charge in [0.05, 0.1) is 0 Å². The first-order valence-electron chi connectivity index (χ1n) is 7.36. The van der Waals surface area contributed by atoms with Crippen molar-refractivity contribution in [2.24, 2.45) is 5.41 Å². The Kier molecular flexibility index (Phi) is 4.83. The van der Waals surface area contributed by atoms with Crippen molar-refractivity contribution >= 4 is 0 Å². The largest absolute Gasteiger partial charge is 0.315 e. The Morgan fingerprint density at radius 3 is 2.35 bits per heavy atom. The predicted octanol–water partition coefficient (Wildman–Crippen LogP) is 1.40. The SMILES string of the molecule is CCC1(CNCCN2CCN(C)CC2)CCC1. The number of piperazine rings is 1. The van der Waals surface area contributed by atoms with Gasteiger partial charge in [-0.3, -0.25) is 4.90 Å². The van der Waals surface area contributed by atoms with Crippen LogP contribution in [-0.2, 0) is 0 Å². The lowest BCUT2D eigenvalue weighted by molar-refractivity contribution is 0.118. The molecule has 0 unspecified atom stereocenters. The van der Waals surface area contributed by atoms with E-state index in [2.05, 4.69) is 29.1 Å². The first-order chi connectivity index (χ1) is 8.24. The molecule has 1 aliphatic carbocycles. The topological polar surface area (TPSA) is 18.5 Å². The minimum atomic E-state index is 0.669. The lowest BCUT2D eigenvalue weighted by Crippen LogP contribution is -2.47. The maximum Gasteiger partial charge on any atom is 0.0110 e. The molecular weight excluding hydrogens is 210 g/mol. The van der Waals surface area contributed by atoms with Crippen LogP contribution in [0.25, 0.3) is 0 Å². The van der Waals surface area contributed by atoms with E-state index >= 15 is 0 Å². The van der Waals surface area contributed by atoms with Crippen molar-refractivity contribution in [3.8, 4) is 0 Å². The zero-order valence-corrected chi connectivity index (χ0v) is 11.7. The van der Waals surface area contributed by atoms with Gasteiger partial charge in [0.15, 0.2) is 0 Å². The van der Waals surface area contributed by atoms with Gasteiger partial charge in [-0.05, 0) is 31.7 Å². The van der Waals surface area contributed by atoms with Crippen molar-refractivity contribution in [2.75, 3.05) is 52.9 Å². The zero-order valence-electron chi connectivity index (χ0n) is 11.7. The van der Waals surface area contributed by atoms with Gasteiger partial charge in [0, 0.05) is 45.8 Å². The third kappa shape index (κ3) is 3.67. The first kappa shape index (κ1) is 13.3. The molecule has 1 N–H and O–H groups in total. The minimum Gasteiger partial charge on any atom is -0.315 e. The molecule has 2 fully saturated rings. The van der Waals surface area contributed by atoms with Crippen molar-refractivity contribution in [3.05, 3.63) is 0 Å². The van der Waals surface area contributed by atoms with Crippen LogP contribution in [-0.4, -0.2) is 62.7 Å². The molecule has 0 atom stereocenters. The van der Waals surface area contributed by atoms with Crippen molar-refractivity contribution in [1.82, 2.24) is 15.1 Å². The Bertz CT molecular complexity index is 212. The lowest BCUT2D eigenvalue weighted by atomic mass is 9.67. The smallest absolute Gasteiger partial charge is 0.0110 e. The summed E-state index contributed by atoms with van der Waals surface area (Å²) in [5.41, 5.74) is 0.669. The van der Waals surface area contributed by atoms with E-state index in [0.717, 1.165) is 0 Å². The number of hydrogen-bond donors (Lipinski definition) is 1. The molecule has 1 saturated heterocycles. The summed E-state index contributed by atoms with van der Waals surface area (Å²) in [6.07, 6.45) is 5.71. The molecule has 100 valence electrons. The molecule has 1 saturated carbocycles. The van der Waals surface area contributed by atoms with E-state index in [1.54, 1.807) is 0 Å². The summed E-state index contributed by atoms with van der Waals surface area (Å²) >= 11 is 0. The van der Waals surface area contributed by atoms with E-state index in [9.17, 15) is 0 Å². The standard InChI is InChI=1S/C14H29N3/c1-3-14(5-4-6-14)13-15-7-8-17-11-9-16(2)10-12-17/h15H,3-13H2,1-2H3. The van der Waals surface area contributed by atoms with E-state index in [-0.39, 0.29) is 0 Å². The van der Waals surface area contributed by atoms with Crippen LogP contribution in [0.2, 0.25) is 0 Å². The molecule has 2 rings (SSSR count). The third-order valence-electron chi connectivity index (χ3n) is 4.86. The molecule has 0 aromatic rings. The van der Waals surface area contributed by atoms with Crippen LogP contribution in [0, 0.1) is 5.41 Å². The van der Waals surface area contributed by atoms with Crippen molar-refractivity contribution in [2.45, 2.75) is 32.6 Å². The van der Waals surface area contributed by atoms with Crippen LogP contribution in [0.5, 0.6) is 0 Å². The second-order valence-electron chi connectivity index (χ2n) is 6.03. The van der Waals surface area contributed by atoms with Crippen LogP contribution in [0.1, 0.15) is 32.6 Å².